The molecule has 0 saturated heterocycles. The molecule has 2 heterocycles. The molecule has 0 aliphatic carbocycles. The van der Waals surface area contributed by atoms with Crippen LogP contribution in [0.2, 0.25) is 0 Å². The normalized spacial score (nSPS) is 10.1. The molecule has 0 radical (unpaired) electrons. The highest BCUT2D eigenvalue weighted by atomic mass is 32.1. The summed E-state index contributed by atoms with van der Waals surface area (Å²) >= 11 is 1.59. The average molecular weight is 238 g/mol. The van der Waals surface area contributed by atoms with Crippen molar-refractivity contribution in [2.24, 2.45) is 0 Å². The van der Waals surface area contributed by atoms with Crippen LogP contribution in [0.3, 0.4) is 0 Å². The summed E-state index contributed by atoms with van der Waals surface area (Å²) in [6.07, 6.45) is 0. The smallest absolute Gasteiger partial charge is 0.329 e. The fourth-order valence-electron chi connectivity index (χ4n) is 1.06. The second kappa shape index (κ2) is 4.75. The van der Waals surface area contributed by atoms with Crippen LogP contribution in [0.5, 0.6) is 0 Å². The average Bonchev–Trinajstić information content (AvgIpc) is 2.87. The van der Waals surface area contributed by atoms with E-state index in [-0.39, 0.29) is 12.0 Å². The number of carbonyl (C=O) groups is 1. The molecule has 2 aromatic heterocycles. The Morgan fingerprint density at radius 1 is 1.62 bits per heavy atom. The zero-order chi connectivity index (χ0) is 11.4. The van der Waals surface area contributed by atoms with Gasteiger partial charge in [-0.3, -0.25) is 5.32 Å². The number of hydrogen-bond donors (Lipinski definition) is 2. The van der Waals surface area contributed by atoms with Crippen molar-refractivity contribution in [2.45, 2.75) is 13.5 Å². The van der Waals surface area contributed by atoms with E-state index in [0.29, 0.717) is 12.4 Å². The molecule has 2 aromatic rings. The predicted octanol–water partition coefficient (Wildman–Crippen LogP) is 1.76. The van der Waals surface area contributed by atoms with Gasteiger partial charge in [0, 0.05) is 6.54 Å². The summed E-state index contributed by atoms with van der Waals surface area (Å²) < 4.78 is 4.74. The number of carbonyl (C=O) groups excluding carboxylic acids is 1. The van der Waals surface area contributed by atoms with Crippen molar-refractivity contribution in [1.82, 2.24) is 15.5 Å². The Hall–Kier alpha value is -1.89. The van der Waals surface area contributed by atoms with Crippen molar-refractivity contribution in [2.75, 3.05) is 5.32 Å². The van der Waals surface area contributed by atoms with Gasteiger partial charge in [0.25, 0.3) is 0 Å². The maximum Gasteiger partial charge on any atom is 0.329 e. The van der Waals surface area contributed by atoms with Crippen molar-refractivity contribution >= 4 is 23.4 Å². The number of amides is 2. The van der Waals surface area contributed by atoms with Crippen molar-refractivity contribution < 1.29 is 9.32 Å². The van der Waals surface area contributed by atoms with E-state index in [1.807, 2.05) is 16.8 Å². The monoisotopic (exact) mass is 238 g/mol. The summed E-state index contributed by atoms with van der Waals surface area (Å²) in [5.41, 5.74) is 1.06. The van der Waals surface area contributed by atoms with Crippen LogP contribution in [-0.2, 0) is 6.54 Å². The summed E-state index contributed by atoms with van der Waals surface area (Å²) in [5, 5.41) is 12.6. The van der Waals surface area contributed by atoms with Gasteiger partial charge >= 0.3 is 12.0 Å². The van der Waals surface area contributed by atoms with Crippen LogP contribution in [-0.4, -0.2) is 16.2 Å². The highest BCUT2D eigenvalue weighted by molar-refractivity contribution is 7.07. The maximum atomic E-state index is 11.4. The molecule has 0 aromatic carbocycles. The molecule has 2 amide bonds. The molecule has 0 bridgehead atoms. The number of aromatic nitrogens is 2. The van der Waals surface area contributed by atoms with E-state index in [0.717, 1.165) is 5.56 Å². The molecular formula is C9H10N4O2S. The summed E-state index contributed by atoms with van der Waals surface area (Å²) in [4.78, 5) is 15.2. The Morgan fingerprint density at radius 2 is 2.50 bits per heavy atom. The zero-order valence-electron chi connectivity index (χ0n) is 8.56. The SMILES string of the molecule is Cc1noc(NC(=O)NCc2ccsc2)n1. The minimum atomic E-state index is -0.366. The molecule has 0 spiro atoms. The van der Waals surface area contributed by atoms with Crippen LogP contribution in [0, 0.1) is 6.92 Å². The number of aryl methyl sites for hydroxylation is 1. The first kappa shape index (κ1) is 10.6. The van der Waals surface area contributed by atoms with Crippen LogP contribution in [0.25, 0.3) is 0 Å². The lowest BCUT2D eigenvalue weighted by atomic mass is 10.3. The largest absolute Gasteiger partial charge is 0.334 e. The zero-order valence-corrected chi connectivity index (χ0v) is 9.37. The highest BCUT2D eigenvalue weighted by Gasteiger charge is 2.06. The van der Waals surface area contributed by atoms with Gasteiger partial charge in [-0.25, -0.2) is 4.79 Å². The Morgan fingerprint density at radius 3 is 3.12 bits per heavy atom. The first-order valence-electron chi connectivity index (χ1n) is 4.60. The number of nitrogens with one attached hydrogen (secondary N) is 2. The van der Waals surface area contributed by atoms with E-state index in [1.165, 1.54) is 0 Å². The maximum absolute atomic E-state index is 11.4. The number of urea groups is 1. The van der Waals surface area contributed by atoms with Crippen LogP contribution in [0.1, 0.15) is 11.4 Å². The lowest BCUT2D eigenvalue weighted by molar-refractivity contribution is 0.250. The summed E-state index contributed by atoms with van der Waals surface area (Å²) in [7, 11) is 0. The van der Waals surface area contributed by atoms with Crippen LogP contribution in [0.4, 0.5) is 10.8 Å². The minimum absolute atomic E-state index is 0.0975. The Labute approximate surface area is 95.7 Å². The minimum Gasteiger partial charge on any atom is -0.334 e. The number of hydrogen-bond acceptors (Lipinski definition) is 5. The summed E-state index contributed by atoms with van der Waals surface area (Å²) in [6, 6.07) is 1.68. The summed E-state index contributed by atoms with van der Waals surface area (Å²) in [6.45, 7) is 2.15. The highest BCUT2D eigenvalue weighted by Crippen LogP contribution is 2.05. The number of nitrogens with zero attached hydrogens (tertiary/aromatic N) is 2. The standard InChI is InChI=1S/C9H10N4O2S/c1-6-11-9(15-13-6)12-8(14)10-4-7-2-3-16-5-7/h2-3,5H,4H2,1H3,(H2,10,11,12,13,14). The van der Waals surface area contributed by atoms with Gasteiger partial charge in [0.2, 0.25) is 0 Å². The molecule has 0 atom stereocenters. The van der Waals surface area contributed by atoms with Crippen LogP contribution >= 0.6 is 11.3 Å². The van der Waals surface area contributed by atoms with Crippen molar-refractivity contribution in [3.8, 4) is 0 Å². The number of rotatable bonds is 3. The Balaban J connectivity index is 1.81. The van der Waals surface area contributed by atoms with E-state index in [2.05, 4.69) is 20.8 Å². The molecule has 0 saturated carbocycles. The van der Waals surface area contributed by atoms with E-state index < -0.39 is 0 Å². The van der Waals surface area contributed by atoms with Gasteiger partial charge in [-0.15, -0.1) is 0 Å². The van der Waals surface area contributed by atoms with E-state index in [4.69, 9.17) is 4.52 Å². The van der Waals surface area contributed by atoms with Gasteiger partial charge in [-0.2, -0.15) is 16.3 Å². The fraction of sp³-hybridized carbons (Fsp3) is 0.222. The third-order valence-electron chi connectivity index (χ3n) is 1.78. The van der Waals surface area contributed by atoms with Gasteiger partial charge in [0.15, 0.2) is 5.82 Å². The Bertz CT molecular complexity index is 466. The fourth-order valence-corrected chi connectivity index (χ4v) is 1.73. The van der Waals surface area contributed by atoms with Crippen molar-refractivity contribution in [3.05, 3.63) is 28.2 Å². The molecule has 2 N–H and O–H groups in total. The van der Waals surface area contributed by atoms with Gasteiger partial charge < -0.3 is 9.84 Å². The quantitative estimate of drug-likeness (QED) is 0.853. The second-order valence-corrected chi connectivity index (χ2v) is 3.87. The van der Waals surface area contributed by atoms with Gasteiger partial charge in [-0.05, 0) is 29.3 Å². The van der Waals surface area contributed by atoms with Gasteiger partial charge in [-0.1, -0.05) is 5.16 Å². The number of thiophene rings is 1. The van der Waals surface area contributed by atoms with E-state index in [1.54, 1.807) is 18.3 Å². The van der Waals surface area contributed by atoms with E-state index >= 15 is 0 Å². The molecular weight excluding hydrogens is 228 g/mol. The topological polar surface area (TPSA) is 80.0 Å². The third-order valence-corrected chi connectivity index (χ3v) is 2.51. The lowest BCUT2D eigenvalue weighted by Crippen LogP contribution is -2.28. The molecule has 0 aliphatic rings. The molecule has 7 heteroatoms. The molecule has 0 fully saturated rings. The van der Waals surface area contributed by atoms with Gasteiger partial charge in [0.1, 0.15) is 0 Å². The van der Waals surface area contributed by atoms with Crippen LogP contribution < -0.4 is 10.6 Å². The molecule has 0 aliphatic heterocycles. The molecule has 6 nitrogen and oxygen atoms in total. The predicted molar refractivity (Wildman–Crippen MR) is 59.2 cm³/mol. The van der Waals surface area contributed by atoms with Gasteiger partial charge in [0.05, 0.1) is 0 Å². The molecule has 16 heavy (non-hydrogen) atoms. The number of anilines is 1. The second-order valence-electron chi connectivity index (χ2n) is 3.09. The van der Waals surface area contributed by atoms with E-state index in [9.17, 15) is 4.79 Å². The van der Waals surface area contributed by atoms with Crippen LogP contribution in [0.15, 0.2) is 21.3 Å². The summed E-state index contributed by atoms with van der Waals surface area (Å²) in [5.74, 6) is 0.480. The molecule has 84 valence electrons. The lowest BCUT2D eigenvalue weighted by Gasteiger charge is -2.02. The Kier molecular flexibility index (Phi) is 3.16. The van der Waals surface area contributed by atoms with Crippen molar-refractivity contribution in [3.63, 3.8) is 0 Å². The first-order chi connectivity index (χ1) is 7.74. The molecule has 0 unspecified atom stereocenters. The third kappa shape index (κ3) is 2.80. The molecule has 2 rings (SSSR count). The van der Waals surface area contributed by atoms with Crippen molar-refractivity contribution in [1.29, 1.82) is 0 Å². The first-order valence-corrected chi connectivity index (χ1v) is 5.54.